The Morgan fingerprint density at radius 2 is 1.27 bits per heavy atom. The largest absolute Gasteiger partial charge is 0.367 e. The zero-order valence-electron chi connectivity index (χ0n) is 16.0. The molecule has 0 unspecified atom stereocenters. The van der Waals surface area contributed by atoms with E-state index in [2.05, 4.69) is 18.7 Å². The molecule has 1 aliphatic rings. The highest BCUT2D eigenvalue weighted by Gasteiger charge is 2.33. The van der Waals surface area contributed by atoms with Gasteiger partial charge in [-0.1, -0.05) is 88.2 Å². The first-order valence-corrected chi connectivity index (χ1v) is 10.3. The minimum Gasteiger partial charge on any atom is -0.367 e. The fraction of sp³-hybridized carbons (Fsp3) is 0.545. The number of carbonyl (C=O) groups is 2. The first-order valence-electron chi connectivity index (χ1n) is 9.94. The number of allylic oxidation sites excluding steroid dienone is 2. The zero-order chi connectivity index (χ0) is 18.9. The van der Waals surface area contributed by atoms with Crippen molar-refractivity contribution < 1.29 is 9.59 Å². The first-order chi connectivity index (χ1) is 12.6. The van der Waals surface area contributed by atoms with E-state index in [1.165, 1.54) is 25.7 Å². The van der Waals surface area contributed by atoms with E-state index in [1.807, 2.05) is 0 Å². The molecule has 2 rings (SSSR count). The molecule has 3 nitrogen and oxygen atoms in total. The van der Waals surface area contributed by atoms with E-state index in [9.17, 15) is 9.59 Å². The summed E-state index contributed by atoms with van der Waals surface area (Å²) in [4.78, 5) is 27.8. The summed E-state index contributed by atoms with van der Waals surface area (Å²) in [5.41, 5.74) is 1.30. The normalized spacial score (nSPS) is 14.0. The van der Waals surface area contributed by atoms with Crippen LogP contribution in [-0.4, -0.2) is 29.6 Å². The first kappa shape index (κ1) is 20.7. The molecular formula is C22H30ClNO2. The Kier molecular flexibility index (Phi) is 8.37. The molecule has 0 aliphatic heterocycles. The van der Waals surface area contributed by atoms with Crippen LogP contribution in [0.1, 0.15) is 85.9 Å². The van der Waals surface area contributed by atoms with Crippen molar-refractivity contribution in [3.63, 3.8) is 0 Å². The maximum Gasteiger partial charge on any atom is 0.211 e. The van der Waals surface area contributed by atoms with Gasteiger partial charge in [-0.2, -0.15) is 0 Å². The maximum atomic E-state index is 13.1. The van der Waals surface area contributed by atoms with Crippen LogP contribution in [0.25, 0.3) is 0 Å². The average molecular weight is 376 g/mol. The van der Waals surface area contributed by atoms with E-state index in [1.54, 1.807) is 24.3 Å². The number of carbonyl (C=O) groups excluding carboxylic acids is 2. The molecule has 1 aromatic carbocycles. The Morgan fingerprint density at radius 3 is 1.77 bits per heavy atom. The zero-order valence-corrected chi connectivity index (χ0v) is 16.8. The van der Waals surface area contributed by atoms with Crippen LogP contribution in [0.2, 0.25) is 0 Å². The summed E-state index contributed by atoms with van der Waals surface area (Å²) >= 11 is 6.40. The third kappa shape index (κ3) is 4.97. The Morgan fingerprint density at radius 1 is 0.769 bits per heavy atom. The highest BCUT2D eigenvalue weighted by molar-refractivity contribution is 6.49. The predicted molar refractivity (Wildman–Crippen MR) is 108 cm³/mol. The fourth-order valence-electron chi connectivity index (χ4n) is 3.41. The summed E-state index contributed by atoms with van der Waals surface area (Å²) < 4.78 is 0. The highest BCUT2D eigenvalue weighted by atomic mass is 35.5. The Bertz CT molecular complexity index is 654. The number of fused-ring (bicyclic) bond motifs is 1. The van der Waals surface area contributed by atoms with Crippen molar-refractivity contribution in [2.45, 2.75) is 65.2 Å². The van der Waals surface area contributed by atoms with Crippen LogP contribution in [0.3, 0.4) is 0 Å². The summed E-state index contributed by atoms with van der Waals surface area (Å²) in [5.74, 6) is -0.347. The van der Waals surface area contributed by atoms with Gasteiger partial charge < -0.3 is 4.90 Å². The SMILES string of the molecule is CCCCCCN(CCCCCC)C1=C(Cl)C(=O)c2ccccc2C1=O. The Labute approximate surface area is 162 Å². The molecule has 1 aromatic rings. The molecule has 0 saturated heterocycles. The summed E-state index contributed by atoms with van der Waals surface area (Å²) in [6, 6.07) is 6.98. The summed E-state index contributed by atoms with van der Waals surface area (Å²) in [5, 5.41) is 0.0830. The van der Waals surface area contributed by atoms with Crippen molar-refractivity contribution in [1.29, 1.82) is 0 Å². The number of ketones is 2. The molecule has 0 fully saturated rings. The maximum absolute atomic E-state index is 13.1. The number of halogens is 1. The van der Waals surface area contributed by atoms with Gasteiger partial charge >= 0.3 is 0 Å². The van der Waals surface area contributed by atoms with E-state index < -0.39 is 0 Å². The van der Waals surface area contributed by atoms with Crippen molar-refractivity contribution >= 4 is 23.2 Å². The number of rotatable bonds is 11. The predicted octanol–water partition coefficient (Wildman–Crippen LogP) is 5.98. The fourth-order valence-corrected chi connectivity index (χ4v) is 3.72. The van der Waals surface area contributed by atoms with Crippen molar-refractivity contribution in [2.75, 3.05) is 13.1 Å². The van der Waals surface area contributed by atoms with Crippen LogP contribution in [0.15, 0.2) is 35.0 Å². The molecule has 0 bridgehead atoms. The van der Waals surface area contributed by atoms with E-state index in [4.69, 9.17) is 11.6 Å². The Balaban J connectivity index is 2.22. The van der Waals surface area contributed by atoms with E-state index in [0.29, 0.717) is 16.8 Å². The average Bonchev–Trinajstić information content (AvgIpc) is 2.66. The van der Waals surface area contributed by atoms with Crippen LogP contribution in [0.5, 0.6) is 0 Å². The van der Waals surface area contributed by atoms with Crippen molar-refractivity contribution in [1.82, 2.24) is 4.90 Å². The lowest BCUT2D eigenvalue weighted by Crippen LogP contribution is -2.34. The molecule has 142 valence electrons. The molecule has 0 saturated carbocycles. The molecule has 26 heavy (non-hydrogen) atoms. The molecule has 0 spiro atoms. The van der Waals surface area contributed by atoms with Crippen LogP contribution in [0.4, 0.5) is 0 Å². The number of Topliss-reactive ketones (excluding diaryl/α,β-unsaturated/α-hetero) is 2. The van der Waals surface area contributed by atoms with Gasteiger partial charge in [-0.05, 0) is 12.8 Å². The third-order valence-electron chi connectivity index (χ3n) is 4.92. The lowest BCUT2D eigenvalue weighted by atomic mass is 9.91. The van der Waals surface area contributed by atoms with Gasteiger partial charge in [0.15, 0.2) is 0 Å². The van der Waals surface area contributed by atoms with Gasteiger partial charge in [0, 0.05) is 24.2 Å². The van der Waals surface area contributed by atoms with Gasteiger partial charge in [0.25, 0.3) is 0 Å². The minimum absolute atomic E-state index is 0.0830. The number of hydrogen-bond donors (Lipinski definition) is 0. The molecule has 0 N–H and O–H groups in total. The molecule has 0 amide bonds. The van der Waals surface area contributed by atoms with Gasteiger partial charge in [-0.15, -0.1) is 0 Å². The van der Waals surface area contributed by atoms with Crippen LogP contribution < -0.4 is 0 Å². The van der Waals surface area contributed by atoms with Gasteiger partial charge in [-0.3, -0.25) is 9.59 Å². The second kappa shape index (κ2) is 10.5. The van der Waals surface area contributed by atoms with Gasteiger partial charge in [0.2, 0.25) is 11.6 Å². The lowest BCUT2D eigenvalue weighted by Gasteiger charge is -2.30. The molecule has 4 heteroatoms. The van der Waals surface area contributed by atoms with Gasteiger partial charge in [0.05, 0.1) is 0 Å². The van der Waals surface area contributed by atoms with Gasteiger partial charge in [0.1, 0.15) is 10.7 Å². The number of hydrogen-bond acceptors (Lipinski definition) is 3. The number of benzene rings is 1. The Hall–Kier alpha value is -1.61. The molecule has 0 heterocycles. The van der Waals surface area contributed by atoms with E-state index >= 15 is 0 Å². The van der Waals surface area contributed by atoms with E-state index in [-0.39, 0.29) is 16.6 Å². The summed E-state index contributed by atoms with van der Waals surface area (Å²) in [6.07, 6.45) is 9.00. The second-order valence-corrected chi connectivity index (χ2v) is 7.35. The summed E-state index contributed by atoms with van der Waals surface area (Å²) in [6.45, 7) is 5.92. The molecule has 0 radical (unpaired) electrons. The summed E-state index contributed by atoms with van der Waals surface area (Å²) in [7, 11) is 0. The minimum atomic E-state index is -0.232. The highest BCUT2D eigenvalue weighted by Crippen LogP contribution is 2.31. The number of nitrogens with zero attached hydrogens (tertiary/aromatic N) is 1. The van der Waals surface area contributed by atoms with Crippen LogP contribution in [0, 0.1) is 0 Å². The molecule has 0 aromatic heterocycles. The second-order valence-electron chi connectivity index (χ2n) is 6.97. The molecule has 1 aliphatic carbocycles. The van der Waals surface area contributed by atoms with Crippen molar-refractivity contribution in [3.05, 3.63) is 46.1 Å². The van der Waals surface area contributed by atoms with Crippen LogP contribution in [-0.2, 0) is 0 Å². The smallest absolute Gasteiger partial charge is 0.211 e. The van der Waals surface area contributed by atoms with Crippen molar-refractivity contribution in [3.8, 4) is 0 Å². The number of unbranched alkanes of at least 4 members (excludes halogenated alkanes) is 6. The monoisotopic (exact) mass is 375 g/mol. The molecular weight excluding hydrogens is 346 g/mol. The van der Waals surface area contributed by atoms with Crippen LogP contribution >= 0.6 is 11.6 Å². The molecule has 0 atom stereocenters. The quantitative estimate of drug-likeness (QED) is 0.446. The van der Waals surface area contributed by atoms with Gasteiger partial charge in [-0.25, -0.2) is 0 Å². The van der Waals surface area contributed by atoms with Crippen molar-refractivity contribution in [2.24, 2.45) is 0 Å². The lowest BCUT2D eigenvalue weighted by molar-refractivity contribution is 0.0945. The standard InChI is InChI=1S/C22H30ClNO2/c1-3-5-7-11-15-24(16-12-8-6-4-2)20-19(23)21(25)17-13-9-10-14-18(17)22(20)26/h9-10,13-14H,3-8,11-12,15-16H2,1-2H3. The topological polar surface area (TPSA) is 37.4 Å². The third-order valence-corrected chi connectivity index (χ3v) is 5.27. The van der Waals surface area contributed by atoms with E-state index in [0.717, 1.165) is 38.8 Å².